The van der Waals surface area contributed by atoms with Crippen molar-refractivity contribution in [2.75, 3.05) is 0 Å². The summed E-state index contributed by atoms with van der Waals surface area (Å²) in [5.41, 5.74) is 0. The molecule has 0 atom stereocenters. The van der Waals surface area contributed by atoms with Gasteiger partial charge >= 0.3 is 6.15 Å². The second-order valence-electron chi connectivity index (χ2n) is 0.0833. The minimum atomic E-state index is 0. The first kappa shape index (κ1) is 102. The van der Waals surface area contributed by atoms with Crippen LogP contribution in [0.5, 0.6) is 0 Å². The molecule has 0 amide bonds. The van der Waals surface area contributed by atoms with Crippen LogP contribution in [-0.2, 0) is 9.59 Å². The van der Waals surface area contributed by atoms with Crippen LogP contribution in [0.3, 0.4) is 0 Å². The molecule has 0 fully saturated rings. The molecular formula is C4H14O5. The lowest BCUT2D eigenvalue weighted by atomic mass is 11.8. The zero-order valence-corrected chi connectivity index (χ0v) is 2.63. The van der Waals surface area contributed by atoms with Crippen molar-refractivity contribution < 1.29 is 15.1 Å². The Morgan fingerprint density at radius 3 is 0.778 bits per heavy atom. The average molecular weight is 142 g/mol. The summed E-state index contributed by atoms with van der Waals surface area (Å²) in [6.45, 7) is 0. The zero-order valence-electron chi connectivity index (χ0n) is 2.63. The Morgan fingerprint density at radius 1 is 0.778 bits per heavy atom. The number of rotatable bonds is 0. The van der Waals surface area contributed by atoms with Crippen LogP contribution in [0.25, 0.3) is 0 Å². The van der Waals surface area contributed by atoms with Gasteiger partial charge in [0.05, 0.1) is 0 Å². The second kappa shape index (κ2) is 68000. The molecule has 0 aliphatic rings. The van der Waals surface area contributed by atoms with Crippen molar-refractivity contribution in [3.63, 3.8) is 0 Å². The minimum Gasteiger partial charge on any atom is -0.412 e. The normalized spacial score (nSPS) is 1.33. The predicted molar refractivity (Wildman–Crippen MR) is 35.5 cm³/mol. The fraction of sp³-hybridized carbons (Fsp3) is 0.750. The van der Waals surface area contributed by atoms with Crippen LogP contribution in [0.4, 0.5) is 0 Å². The Morgan fingerprint density at radius 2 is 0.778 bits per heavy atom. The smallest absolute Gasteiger partial charge is 0.373 e. The topological polar surface area (TPSA) is 99.8 Å². The molecule has 0 aromatic carbocycles. The summed E-state index contributed by atoms with van der Waals surface area (Å²) in [7, 11) is 0. The van der Waals surface area contributed by atoms with Crippen molar-refractivity contribution in [2.45, 2.75) is 22.3 Å². The molecule has 2 N–H and O–H groups in total. The highest BCUT2D eigenvalue weighted by Crippen LogP contribution is 0.787. The van der Waals surface area contributed by atoms with E-state index in [1.807, 2.05) is 0 Å². The monoisotopic (exact) mass is 142 g/mol. The fourth-order valence-electron chi connectivity index (χ4n) is 0. The Balaban J connectivity index is -0.00000000357. The van der Waals surface area contributed by atoms with Crippen LogP contribution in [0.1, 0.15) is 22.3 Å². The second-order valence-corrected chi connectivity index (χ2v) is 0.0833. The molecule has 0 aromatic rings. The van der Waals surface area contributed by atoms with Gasteiger partial charge in [0.25, 0.3) is 0 Å². The molecule has 0 bridgehead atoms. The highest BCUT2D eigenvalue weighted by Gasteiger charge is 1.13. The van der Waals surface area contributed by atoms with Gasteiger partial charge in [-0.1, -0.05) is 22.3 Å². The first-order valence-electron chi connectivity index (χ1n) is 0.575. The van der Waals surface area contributed by atoms with Crippen molar-refractivity contribution >= 4 is 6.15 Å². The Kier molecular flexibility index (Phi) is 768000. The third kappa shape index (κ3) is 151. The van der Waals surface area contributed by atoms with Crippen molar-refractivity contribution in [1.29, 1.82) is 0 Å². The quantitative estimate of drug-likeness (QED) is 0.493. The van der Waals surface area contributed by atoms with Gasteiger partial charge in [-0.3, -0.25) is 0 Å². The van der Waals surface area contributed by atoms with Crippen molar-refractivity contribution in [1.82, 2.24) is 0 Å². The maximum atomic E-state index is 8.12. The van der Waals surface area contributed by atoms with E-state index < -0.39 is 0 Å². The standard InChI is InChI=1S/CO2.3CH4.O2.H2O/c2-1-3;;;;1-2;/h;3*1H4;;1H2. The predicted octanol–water partition coefficient (Wildman–Crippen LogP) is 0.567. The molecule has 5 nitrogen and oxygen atoms in total. The van der Waals surface area contributed by atoms with Gasteiger partial charge in [-0.25, -0.2) is 0 Å². The van der Waals surface area contributed by atoms with Gasteiger partial charge in [0.2, 0.25) is 0 Å². The van der Waals surface area contributed by atoms with Crippen LogP contribution in [0.15, 0.2) is 0 Å². The van der Waals surface area contributed by atoms with Crippen LogP contribution < -0.4 is 0 Å². The van der Waals surface area contributed by atoms with Crippen molar-refractivity contribution in [3.8, 4) is 0 Å². The molecule has 0 aromatic heterocycles. The van der Waals surface area contributed by atoms with Gasteiger partial charge in [0.1, 0.15) is 0 Å². The van der Waals surface area contributed by atoms with Gasteiger partial charge in [-0.2, -0.15) is 9.59 Å². The molecular weight excluding hydrogens is 128 g/mol. The molecule has 0 spiro atoms. The van der Waals surface area contributed by atoms with E-state index in [2.05, 4.69) is 0 Å². The molecule has 9 heavy (non-hydrogen) atoms. The van der Waals surface area contributed by atoms with Crippen LogP contribution >= 0.6 is 0 Å². The van der Waals surface area contributed by atoms with E-state index in [1.165, 1.54) is 0 Å². The van der Waals surface area contributed by atoms with E-state index in [4.69, 9.17) is 19.5 Å². The van der Waals surface area contributed by atoms with Crippen molar-refractivity contribution in [3.05, 3.63) is 9.93 Å². The Labute approximate surface area is 54.6 Å². The molecule has 60 valence electrons. The summed E-state index contributed by atoms with van der Waals surface area (Å²) >= 11 is 0. The van der Waals surface area contributed by atoms with E-state index in [0.717, 1.165) is 0 Å². The summed E-state index contributed by atoms with van der Waals surface area (Å²) in [6.07, 6.45) is 0.250. The van der Waals surface area contributed by atoms with E-state index in [9.17, 15) is 0 Å². The lowest BCUT2D eigenvalue weighted by Crippen LogP contribution is -1.22. The van der Waals surface area contributed by atoms with E-state index in [1.54, 1.807) is 0 Å². The molecule has 0 radical (unpaired) electrons. The van der Waals surface area contributed by atoms with Gasteiger partial charge in [-0.15, -0.1) is 0 Å². The molecule has 5 heteroatoms. The van der Waals surface area contributed by atoms with Gasteiger partial charge in [0.15, 0.2) is 0 Å². The number of hydrogen-bond donors (Lipinski definition) is 0. The maximum absolute atomic E-state index is 8.12. The lowest BCUT2D eigenvalue weighted by Gasteiger charge is -0.945. The zero-order chi connectivity index (χ0) is 4.71. The number of hydrogen-bond acceptors (Lipinski definition) is 4. The molecule has 0 aliphatic carbocycles. The van der Waals surface area contributed by atoms with Gasteiger partial charge in [-0.05, 0) is 0 Å². The molecule has 0 rings (SSSR count). The fourth-order valence-corrected chi connectivity index (χ4v) is 0. The molecule has 0 heterocycles. The van der Waals surface area contributed by atoms with Crippen LogP contribution in [0, 0.1) is 9.93 Å². The molecule has 0 saturated heterocycles. The Hall–Kier alpha value is -1.06. The summed E-state index contributed by atoms with van der Waals surface area (Å²) < 4.78 is 0. The molecule has 0 saturated carbocycles. The minimum absolute atomic E-state index is 0. The van der Waals surface area contributed by atoms with E-state index in [-0.39, 0.29) is 33.9 Å². The van der Waals surface area contributed by atoms with E-state index >= 15 is 0 Å². The third-order valence-electron chi connectivity index (χ3n) is 0. The SMILES string of the molecule is C.C.C.O.O=C=O.O=O. The largest absolute Gasteiger partial charge is 0.412 e. The summed E-state index contributed by atoms with van der Waals surface area (Å²) in [5, 5.41) is 0. The maximum Gasteiger partial charge on any atom is 0.373 e. The van der Waals surface area contributed by atoms with Gasteiger partial charge < -0.3 is 5.48 Å². The summed E-state index contributed by atoms with van der Waals surface area (Å²) in [4.78, 5) is 30.2. The number of carbonyl (C=O) groups excluding carboxylic acids is 2. The van der Waals surface area contributed by atoms with E-state index in [0.29, 0.717) is 0 Å². The van der Waals surface area contributed by atoms with Crippen molar-refractivity contribution in [2.24, 2.45) is 0 Å². The van der Waals surface area contributed by atoms with Crippen LogP contribution in [-0.4, -0.2) is 11.6 Å². The first-order valence-corrected chi connectivity index (χ1v) is 0.575. The highest BCUT2D eigenvalue weighted by molar-refractivity contribution is 5.20. The summed E-state index contributed by atoms with van der Waals surface area (Å²) in [6, 6.07) is 0. The Bertz CT molecular complexity index is 38.2. The first-order chi connectivity index (χ1) is 2.41. The third-order valence-corrected chi connectivity index (χ3v) is 0. The lowest BCUT2D eigenvalue weighted by molar-refractivity contribution is -0.191. The average Bonchev–Trinajstić information content (AvgIpc) is 1.46. The summed E-state index contributed by atoms with van der Waals surface area (Å²) in [5.74, 6) is 0. The molecule has 0 unspecified atom stereocenters. The van der Waals surface area contributed by atoms with Gasteiger partial charge in [0, 0.05) is 9.93 Å². The molecule has 0 aliphatic heterocycles. The van der Waals surface area contributed by atoms with Crippen LogP contribution in [0.2, 0.25) is 0 Å². The highest BCUT2D eigenvalue weighted by atomic mass is 16.7.